The Morgan fingerprint density at radius 3 is 3.00 bits per heavy atom. The van der Waals surface area contributed by atoms with Gasteiger partial charge in [-0.25, -0.2) is 0 Å². The Hall–Kier alpha value is -1.49. The van der Waals surface area contributed by atoms with Gasteiger partial charge in [0, 0.05) is 30.9 Å². The number of hydrogen-bond acceptors (Lipinski definition) is 4. The first-order valence-electron chi connectivity index (χ1n) is 7.68. The van der Waals surface area contributed by atoms with E-state index in [1.807, 2.05) is 19.4 Å². The van der Waals surface area contributed by atoms with Crippen LogP contribution in [0.15, 0.2) is 36.7 Å². The van der Waals surface area contributed by atoms with E-state index < -0.39 is 0 Å². The fraction of sp³-hybridized carbons (Fsp3) is 0.471. The van der Waals surface area contributed by atoms with Crippen molar-refractivity contribution in [3.8, 4) is 0 Å². The number of nitrogens with one attached hydrogen (secondary N) is 1. The second-order valence-corrected chi connectivity index (χ2v) is 5.49. The lowest BCUT2D eigenvalue weighted by atomic mass is 9.95. The minimum atomic E-state index is 0.163. The van der Waals surface area contributed by atoms with E-state index in [1.165, 1.54) is 16.3 Å². The minimum absolute atomic E-state index is 0.163. The lowest BCUT2D eigenvalue weighted by molar-refractivity contribution is -0.0682. The Kier molecular flexibility index (Phi) is 4.48. The van der Waals surface area contributed by atoms with Crippen LogP contribution >= 0.6 is 0 Å². The number of nitrogens with zero attached hydrogens (tertiary/aromatic N) is 2. The summed E-state index contributed by atoms with van der Waals surface area (Å²) in [6.07, 6.45) is 4.11. The molecule has 0 saturated carbocycles. The van der Waals surface area contributed by atoms with Crippen LogP contribution in [0.25, 0.3) is 10.8 Å². The van der Waals surface area contributed by atoms with E-state index in [1.54, 1.807) is 0 Å². The van der Waals surface area contributed by atoms with E-state index in [0.29, 0.717) is 0 Å². The molecular formula is C17H23N3O. The lowest BCUT2D eigenvalue weighted by Crippen LogP contribution is -2.48. The molecule has 0 amide bonds. The molecule has 4 heteroatoms. The molecule has 1 aromatic heterocycles. The van der Waals surface area contributed by atoms with Crippen molar-refractivity contribution < 1.29 is 4.74 Å². The van der Waals surface area contributed by atoms with Crippen molar-refractivity contribution in [2.24, 2.45) is 0 Å². The van der Waals surface area contributed by atoms with Gasteiger partial charge >= 0.3 is 0 Å². The van der Waals surface area contributed by atoms with Crippen LogP contribution in [0.3, 0.4) is 0 Å². The number of likely N-dealkylation sites (N-methyl/N-ethyl adjacent to an activating group) is 2. The maximum atomic E-state index is 6.03. The first kappa shape index (κ1) is 14.4. The van der Waals surface area contributed by atoms with E-state index in [9.17, 15) is 0 Å². The molecule has 1 aliphatic heterocycles. The zero-order chi connectivity index (χ0) is 14.7. The molecule has 0 spiro atoms. The fourth-order valence-corrected chi connectivity index (χ4v) is 3.29. The lowest BCUT2D eigenvalue weighted by Gasteiger charge is -2.41. The molecule has 1 N–H and O–H groups in total. The molecule has 4 nitrogen and oxygen atoms in total. The molecule has 0 radical (unpaired) electrons. The smallest absolute Gasteiger partial charge is 0.0897 e. The summed E-state index contributed by atoms with van der Waals surface area (Å²) in [5.74, 6) is 0. The molecule has 21 heavy (non-hydrogen) atoms. The first-order valence-corrected chi connectivity index (χ1v) is 7.68. The maximum Gasteiger partial charge on any atom is 0.0897 e. The monoisotopic (exact) mass is 285 g/mol. The van der Waals surface area contributed by atoms with Crippen molar-refractivity contribution in [3.63, 3.8) is 0 Å². The summed E-state index contributed by atoms with van der Waals surface area (Å²) in [4.78, 5) is 6.94. The van der Waals surface area contributed by atoms with Gasteiger partial charge in [-0.3, -0.25) is 9.88 Å². The molecule has 3 rings (SSSR count). The number of rotatable bonds is 4. The second kappa shape index (κ2) is 6.52. The summed E-state index contributed by atoms with van der Waals surface area (Å²) >= 11 is 0. The van der Waals surface area contributed by atoms with Crippen LogP contribution in [0.4, 0.5) is 0 Å². The van der Waals surface area contributed by atoms with Crippen LogP contribution < -0.4 is 5.32 Å². The van der Waals surface area contributed by atoms with Crippen molar-refractivity contribution in [1.29, 1.82) is 0 Å². The molecule has 1 aromatic carbocycles. The summed E-state index contributed by atoms with van der Waals surface area (Å²) in [6, 6.07) is 8.73. The minimum Gasteiger partial charge on any atom is -0.374 e. The zero-order valence-corrected chi connectivity index (χ0v) is 12.7. The molecule has 2 unspecified atom stereocenters. The van der Waals surface area contributed by atoms with E-state index in [-0.39, 0.29) is 12.1 Å². The molecule has 0 aliphatic carbocycles. The van der Waals surface area contributed by atoms with Crippen LogP contribution in [0, 0.1) is 0 Å². The number of hydrogen-bond donors (Lipinski definition) is 1. The van der Waals surface area contributed by atoms with Crippen molar-refractivity contribution in [3.05, 3.63) is 42.2 Å². The number of fused-ring (bicyclic) bond motifs is 1. The Labute approximate surface area is 126 Å². The van der Waals surface area contributed by atoms with Crippen LogP contribution in [-0.2, 0) is 4.74 Å². The molecule has 112 valence electrons. The maximum absolute atomic E-state index is 6.03. The average molecular weight is 285 g/mol. The normalized spacial score (nSPS) is 23.5. The fourth-order valence-electron chi connectivity index (χ4n) is 3.29. The van der Waals surface area contributed by atoms with E-state index in [4.69, 9.17) is 4.74 Å². The van der Waals surface area contributed by atoms with Gasteiger partial charge in [-0.2, -0.15) is 0 Å². The van der Waals surface area contributed by atoms with Crippen LogP contribution in [0.5, 0.6) is 0 Å². The summed E-state index contributed by atoms with van der Waals surface area (Å²) in [5.41, 5.74) is 1.27. The van der Waals surface area contributed by atoms with E-state index in [2.05, 4.69) is 46.4 Å². The number of pyridine rings is 1. The second-order valence-electron chi connectivity index (χ2n) is 5.49. The highest BCUT2D eigenvalue weighted by Crippen LogP contribution is 2.33. The molecule has 1 aliphatic rings. The summed E-state index contributed by atoms with van der Waals surface area (Å²) in [5, 5.41) is 5.73. The molecule has 1 fully saturated rings. The molecule has 2 atom stereocenters. The van der Waals surface area contributed by atoms with Gasteiger partial charge in [0.05, 0.1) is 18.8 Å². The third-order valence-electron chi connectivity index (χ3n) is 4.29. The third kappa shape index (κ3) is 2.79. The van der Waals surface area contributed by atoms with Crippen molar-refractivity contribution in [1.82, 2.24) is 15.2 Å². The molecule has 0 bridgehead atoms. The van der Waals surface area contributed by atoms with Crippen LogP contribution in [0.1, 0.15) is 18.5 Å². The van der Waals surface area contributed by atoms with Gasteiger partial charge in [-0.05, 0) is 24.5 Å². The summed E-state index contributed by atoms with van der Waals surface area (Å²) in [7, 11) is 1.98. The quantitative estimate of drug-likeness (QED) is 0.934. The van der Waals surface area contributed by atoms with E-state index in [0.717, 1.165) is 26.2 Å². The molecular weight excluding hydrogens is 262 g/mol. The van der Waals surface area contributed by atoms with Gasteiger partial charge in [-0.1, -0.05) is 31.2 Å². The highest BCUT2D eigenvalue weighted by molar-refractivity contribution is 5.85. The van der Waals surface area contributed by atoms with Crippen LogP contribution in [0.2, 0.25) is 0 Å². The Morgan fingerprint density at radius 2 is 2.19 bits per heavy atom. The summed E-state index contributed by atoms with van der Waals surface area (Å²) < 4.78 is 6.03. The predicted molar refractivity (Wildman–Crippen MR) is 85.4 cm³/mol. The average Bonchev–Trinajstić information content (AvgIpc) is 2.54. The van der Waals surface area contributed by atoms with Gasteiger partial charge in [0.15, 0.2) is 0 Å². The highest BCUT2D eigenvalue weighted by Gasteiger charge is 2.33. The highest BCUT2D eigenvalue weighted by atomic mass is 16.5. The molecule has 2 aromatic rings. The van der Waals surface area contributed by atoms with Gasteiger partial charge in [0.25, 0.3) is 0 Å². The number of benzene rings is 1. The molecule has 1 saturated heterocycles. The predicted octanol–water partition coefficient (Wildman–Crippen LogP) is 2.22. The van der Waals surface area contributed by atoms with E-state index >= 15 is 0 Å². The number of ether oxygens (including phenoxy) is 1. The Bertz CT molecular complexity index is 594. The number of morpholine rings is 1. The van der Waals surface area contributed by atoms with Crippen molar-refractivity contribution >= 4 is 10.8 Å². The first-order chi connectivity index (χ1) is 10.3. The van der Waals surface area contributed by atoms with Crippen molar-refractivity contribution in [2.75, 3.05) is 33.3 Å². The SMILES string of the molecule is CCN1CCOC(CNC)C1c1cncc2ccccc12. The largest absolute Gasteiger partial charge is 0.374 e. The topological polar surface area (TPSA) is 37.4 Å². The Balaban J connectivity index is 2.07. The van der Waals surface area contributed by atoms with Gasteiger partial charge in [0.2, 0.25) is 0 Å². The Morgan fingerprint density at radius 1 is 1.33 bits per heavy atom. The standard InChI is InChI=1S/C17H23N3O/c1-3-20-8-9-21-16(12-18-2)17(20)15-11-19-10-13-6-4-5-7-14(13)15/h4-7,10-11,16-18H,3,8-9,12H2,1-2H3. The number of aromatic nitrogens is 1. The zero-order valence-electron chi connectivity index (χ0n) is 12.7. The third-order valence-corrected chi connectivity index (χ3v) is 4.29. The van der Waals surface area contributed by atoms with Crippen molar-refractivity contribution in [2.45, 2.75) is 19.1 Å². The van der Waals surface area contributed by atoms with Crippen LogP contribution in [-0.4, -0.2) is 49.3 Å². The summed E-state index contributed by atoms with van der Waals surface area (Å²) in [6.45, 7) is 5.87. The van der Waals surface area contributed by atoms with Gasteiger partial charge < -0.3 is 10.1 Å². The van der Waals surface area contributed by atoms with Gasteiger partial charge in [0.1, 0.15) is 0 Å². The molecule has 2 heterocycles. The van der Waals surface area contributed by atoms with Gasteiger partial charge in [-0.15, -0.1) is 0 Å².